The van der Waals surface area contributed by atoms with Crippen molar-refractivity contribution in [2.75, 3.05) is 33.7 Å². The molecule has 1 aliphatic heterocycles. The largest absolute Gasteiger partial charge is 0.342 e. The molecule has 1 aromatic heterocycles. The van der Waals surface area contributed by atoms with E-state index >= 15 is 0 Å². The number of carbonyl (C=O) groups is 1. The highest BCUT2D eigenvalue weighted by molar-refractivity contribution is 5.79. The number of piperidine rings is 1. The zero-order valence-corrected chi connectivity index (χ0v) is 15.3. The molecule has 24 heavy (non-hydrogen) atoms. The van der Waals surface area contributed by atoms with Gasteiger partial charge in [-0.25, -0.2) is 4.98 Å². The Hall–Kier alpha value is -1.36. The molecule has 0 bridgehead atoms. The van der Waals surface area contributed by atoms with E-state index in [1.807, 2.05) is 6.20 Å². The second kappa shape index (κ2) is 8.15. The van der Waals surface area contributed by atoms with Crippen molar-refractivity contribution in [3.63, 3.8) is 0 Å². The highest BCUT2D eigenvalue weighted by Crippen LogP contribution is 2.31. The topological polar surface area (TPSA) is 41.4 Å². The molecule has 0 unspecified atom stereocenters. The van der Waals surface area contributed by atoms with Gasteiger partial charge in [0.05, 0.1) is 0 Å². The summed E-state index contributed by atoms with van der Waals surface area (Å²) in [6.07, 6.45) is 12.1. The number of hydrogen-bond donors (Lipinski definition) is 0. The molecule has 5 nitrogen and oxygen atoms in total. The van der Waals surface area contributed by atoms with E-state index in [1.165, 1.54) is 18.7 Å². The fourth-order valence-corrected chi connectivity index (χ4v) is 4.25. The standard InChI is InChI=1S/C19H32N4O/c1-21(2)11-6-13-22-14-10-20-18(22)17-9-5-12-23(15-17)19(24)16-7-3-4-8-16/h10,14,16-17H,3-9,11-13,15H2,1-2H3/t17-/m1/s1. The third-order valence-corrected chi connectivity index (χ3v) is 5.55. The Balaban J connectivity index is 1.60. The normalized spacial score (nSPS) is 22.5. The number of aromatic nitrogens is 2. The summed E-state index contributed by atoms with van der Waals surface area (Å²) in [5.41, 5.74) is 0. The Morgan fingerprint density at radius 1 is 1.25 bits per heavy atom. The van der Waals surface area contributed by atoms with Crippen molar-refractivity contribution in [2.24, 2.45) is 5.92 Å². The van der Waals surface area contributed by atoms with Gasteiger partial charge in [-0.15, -0.1) is 0 Å². The fourth-order valence-electron chi connectivity index (χ4n) is 4.25. The smallest absolute Gasteiger partial charge is 0.225 e. The number of aryl methyl sites for hydroxylation is 1. The van der Waals surface area contributed by atoms with Gasteiger partial charge in [0.25, 0.3) is 0 Å². The lowest BCUT2D eigenvalue weighted by Crippen LogP contribution is -2.42. The minimum absolute atomic E-state index is 0.295. The molecule has 0 N–H and O–H groups in total. The number of nitrogens with zero attached hydrogens (tertiary/aromatic N) is 4. The van der Waals surface area contributed by atoms with Crippen LogP contribution in [0.2, 0.25) is 0 Å². The van der Waals surface area contributed by atoms with Crippen LogP contribution in [0.15, 0.2) is 12.4 Å². The van der Waals surface area contributed by atoms with Crippen LogP contribution < -0.4 is 0 Å². The number of imidazole rings is 1. The minimum atomic E-state index is 0.295. The molecule has 1 amide bonds. The molecule has 1 saturated heterocycles. The SMILES string of the molecule is CN(C)CCCn1ccnc1[C@@H]1CCCN(C(=O)C2CCCC2)C1. The molecule has 0 aromatic carbocycles. The summed E-state index contributed by atoms with van der Waals surface area (Å²) in [7, 11) is 4.23. The summed E-state index contributed by atoms with van der Waals surface area (Å²) < 4.78 is 2.30. The van der Waals surface area contributed by atoms with E-state index < -0.39 is 0 Å². The van der Waals surface area contributed by atoms with E-state index in [1.54, 1.807) is 0 Å². The van der Waals surface area contributed by atoms with Crippen LogP contribution in [0.4, 0.5) is 0 Å². The van der Waals surface area contributed by atoms with Crippen molar-refractivity contribution >= 4 is 5.91 Å². The van der Waals surface area contributed by atoms with E-state index in [2.05, 4.69) is 39.6 Å². The predicted molar refractivity (Wildman–Crippen MR) is 95.9 cm³/mol. The maximum atomic E-state index is 12.7. The first kappa shape index (κ1) is 17.5. The molecule has 3 rings (SSSR count). The van der Waals surface area contributed by atoms with E-state index in [9.17, 15) is 4.79 Å². The lowest BCUT2D eigenvalue weighted by molar-refractivity contribution is -0.136. The maximum absolute atomic E-state index is 12.7. The van der Waals surface area contributed by atoms with Crippen molar-refractivity contribution in [3.05, 3.63) is 18.2 Å². The molecule has 1 saturated carbocycles. The van der Waals surface area contributed by atoms with Gasteiger partial charge in [-0.05, 0) is 52.7 Å². The van der Waals surface area contributed by atoms with Crippen molar-refractivity contribution in [1.29, 1.82) is 0 Å². The Morgan fingerprint density at radius 3 is 2.79 bits per heavy atom. The average Bonchev–Trinajstić information content (AvgIpc) is 3.26. The van der Waals surface area contributed by atoms with E-state index in [4.69, 9.17) is 0 Å². The van der Waals surface area contributed by atoms with Crippen molar-refractivity contribution < 1.29 is 4.79 Å². The van der Waals surface area contributed by atoms with E-state index in [0.717, 1.165) is 58.3 Å². The molecule has 1 aromatic rings. The molecule has 2 fully saturated rings. The fraction of sp³-hybridized carbons (Fsp3) is 0.789. The summed E-state index contributed by atoms with van der Waals surface area (Å²) in [4.78, 5) is 21.7. The second-order valence-electron chi connectivity index (χ2n) is 7.74. The molecule has 0 spiro atoms. The van der Waals surface area contributed by atoms with Gasteiger partial charge in [-0.3, -0.25) is 4.79 Å². The summed E-state index contributed by atoms with van der Waals surface area (Å²) >= 11 is 0. The van der Waals surface area contributed by atoms with Crippen LogP contribution in [0.3, 0.4) is 0 Å². The summed E-state index contributed by atoms with van der Waals surface area (Å²) in [6.45, 7) is 3.91. The Bertz CT molecular complexity index is 533. The van der Waals surface area contributed by atoms with Gasteiger partial charge in [0.15, 0.2) is 0 Å². The first-order valence-electron chi connectivity index (χ1n) is 9.59. The molecule has 1 aliphatic carbocycles. The Morgan fingerprint density at radius 2 is 2.04 bits per heavy atom. The number of rotatable bonds is 6. The predicted octanol–water partition coefficient (Wildman–Crippen LogP) is 2.73. The molecule has 2 aliphatic rings. The molecule has 5 heteroatoms. The van der Waals surface area contributed by atoms with Crippen LogP contribution in [0.1, 0.15) is 56.7 Å². The molecule has 0 radical (unpaired) electrons. The van der Waals surface area contributed by atoms with E-state index in [0.29, 0.717) is 17.7 Å². The van der Waals surface area contributed by atoms with Crippen molar-refractivity contribution in [3.8, 4) is 0 Å². The van der Waals surface area contributed by atoms with Crippen molar-refractivity contribution in [2.45, 2.75) is 57.4 Å². The van der Waals surface area contributed by atoms with Gasteiger partial charge in [-0.1, -0.05) is 12.8 Å². The number of likely N-dealkylation sites (tertiary alicyclic amines) is 1. The van der Waals surface area contributed by atoms with Gasteiger partial charge in [0.1, 0.15) is 5.82 Å². The zero-order valence-electron chi connectivity index (χ0n) is 15.3. The molecule has 2 heterocycles. The van der Waals surface area contributed by atoms with Gasteiger partial charge in [0.2, 0.25) is 5.91 Å². The number of hydrogen-bond acceptors (Lipinski definition) is 3. The van der Waals surface area contributed by atoms with Crippen LogP contribution in [0.25, 0.3) is 0 Å². The third-order valence-electron chi connectivity index (χ3n) is 5.55. The van der Waals surface area contributed by atoms with Gasteiger partial charge in [-0.2, -0.15) is 0 Å². The van der Waals surface area contributed by atoms with E-state index in [-0.39, 0.29) is 0 Å². The van der Waals surface area contributed by atoms with Crippen molar-refractivity contribution in [1.82, 2.24) is 19.4 Å². The molecular weight excluding hydrogens is 300 g/mol. The Kier molecular flexibility index (Phi) is 5.93. The van der Waals surface area contributed by atoms with Gasteiger partial charge < -0.3 is 14.4 Å². The van der Waals surface area contributed by atoms with Gasteiger partial charge in [0, 0.05) is 43.9 Å². The molecular formula is C19H32N4O. The third kappa shape index (κ3) is 4.18. The van der Waals surface area contributed by atoms with Crippen LogP contribution in [0, 0.1) is 5.92 Å². The average molecular weight is 332 g/mol. The number of amides is 1. The first-order chi connectivity index (χ1) is 11.6. The van der Waals surface area contributed by atoms with Gasteiger partial charge >= 0.3 is 0 Å². The van der Waals surface area contributed by atoms with Crippen LogP contribution in [-0.2, 0) is 11.3 Å². The lowest BCUT2D eigenvalue weighted by Gasteiger charge is -2.34. The van der Waals surface area contributed by atoms with Crippen LogP contribution >= 0.6 is 0 Å². The maximum Gasteiger partial charge on any atom is 0.225 e. The number of carbonyl (C=O) groups excluding carboxylic acids is 1. The zero-order chi connectivity index (χ0) is 16.9. The Labute approximate surface area is 146 Å². The quantitative estimate of drug-likeness (QED) is 0.804. The highest BCUT2D eigenvalue weighted by atomic mass is 16.2. The highest BCUT2D eigenvalue weighted by Gasteiger charge is 2.32. The lowest BCUT2D eigenvalue weighted by atomic mass is 9.95. The summed E-state index contributed by atoms with van der Waals surface area (Å²) in [5, 5.41) is 0. The van der Waals surface area contributed by atoms with Crippen LogP contribution in [0.5, 0.6) is 0 Å². The monoisotopic (exact) mass is 332 g/mol. The summed E-state index contributed by atoms with van der Waals surface area (Å²) in [6, 6.07) is 0. The minimum Gasteiger partial charge on any atom is -0.342 e. The first-order valence-corrected chi connectivity index (χ1v) is 9.59. The summed E-state index contributed by atoms with van der Waals surface area (Å²) in [5.74, 6) is 2.28. The van der Waals surface area contributed by atoms with Crippen LogP contribution in [-0.4, -0.2) is 59.0 Å². The molecule has 1 atom stereocenters. The second-order valence-corrected chi connectivity index (χ2v) is 7.74. The molecule has 134 valence electrons.